The molecule has 0 unspecified atom stereocenters. The third kappa shape index (κ3) is 3.87. The van der Waals surface area contributed by atoms with Gasteiger partial charge in [0.1, 0.15) is 6.54 Å². The monoisotopic (exact) mass is 331 g/mol. The van der Waals surface area contributed by atoms with Gasteiger partial charge in [0, 0.05) is 13.1 Å². The smallest absolute Gasteiger partial charge is 0.408 e. The molecule has 1 aliphatic heterocycles. The molecular formula is C18H25N3O3. The fourth-order valence-corrected chi connectivity index (χ4v) is 3.45. The van der Waals surface area contributed by atoms with Crippen molar-refractivity contribution in [2.24, 2.45) is 5.92 Å². The highest BCUT2D eigenvalue weighted by Crippen LogP contribution is 2.18. The van der Waals surface area contributed by atoms with Crippen molar-refractivity contribution in [3.63, 3.8) is 0 Å². The first-order valence-electron chi connectivity index (χ1n) is 8.58. The molecule has 1 amide bonds. The first-order valence-corrected chi connectivity index (χ1v) is 8.58. The lowest BCUT2D eigenvalue weighted by molar-refractivity contribution is -0.121. The summed E-state index contributed by atoms with van der Waals surface area (Å²) in [6.45, 7) is 4.86. The molecule has 0 saturated carbocycles. The molecule has 2 heterocycles. The number of carbonyl (C=O) groups is 1. The van der Waals surface area contributed by atoms with Gasteiger partial charge >= 0.3 is 5.76 Å². The Bertz CT molecular complexity index is 777. The number of hydrogen-bond acceptors (Lipinski definition) is 4. The highest BCUT2D eigenvalue weighted by atomic mass is 16.4. The van der Waals surface area contributed by atoms with Crippen molar-refractivity contribution in [1.29, 1.82) is 0 Å². The highest BCUT2D eigenvalue weighted by molar-refractivity contribution is 5.79. The first-order chi connectivity index (χ1) is 11.5. The van der Waals surface area contributed by atoms with Crippen LogP contribution in [0, 0.1) is 12.8 Å². The topological polar surface area (TPSA) is 67.5 Å². The van der Waals surface area contributed by atoms with Crippen molar-refractivity contribution in [2.45, 2.75) is 32.7 Å². The molecule has 1 aromatic heterocycles. The zero-order valence-electron chi connectivity index (χ0n) is 14.4. The van der Waals surface area contributed by atoms with Crippen LogP contribution in [0.3, 0.4) is 0 Å². The Balaban J connectivity index is 1.56. The summed E-state index contributed by atoms with van der Waals surface area (Å²) < 4.78 is 6.58. The van der Waals surface area contributed by atoms with Crippen molar-refractivity contribution < 1.29 is 9.21 Å². The van der Waals surface area contributed by atoms with Gasteiger partial charge < -0.3 is 14.6 Å². The fraction of sp³-hybridized carbons (Fsp3) is 0.556. The third-order valence-corrected chi connectivity index (χ3v) is 4.72. The molecule has 2 aromatic rings. The SMILES string of the molecule is Cc1ccc2oc(=O)n(CC(=O)NCC[C@H]3CCCN(C)C3)c2c1. The van der Waals surface area contributed by atoms with Gasteiger partial charge in [0.15, 0.2) is 5.58 Å². The standard InChI is InChI=1S/C18H25N3O3/c1-13-5-6-16-15(10-13)21(18(23)24-16)12-17(22)19-8-7-14-4-3-9-20(2)11-14/h5-6,10,14H,3-4,7-9,11-12H2,1-2H3,(H,19,22)/t14-/m1/s1. The number of hydrogen-bond donors (Lipinski definition) is 1. The second-order valence-corrected chi connectivity index (χ2v) is 6.83. The number of aromatic nitrogens is 1. The molecule has 1 aromatic carbocycles. The number of benzene rings is 1. The number of likely N-dealkylation sites (tertiary alicyclic amines) is 1. The van der Waals surface area contributed by atoms with Crippen LogP contribution in [0.5, 0.6) is 0 Å². The molecule has 6 heteroatoms. The summed E-state index contributed by atoms with van der Waals surface area (Å²) in [7, 11) is 2.14. The Kier molecular flexibility index (Phi) is 5.04. The van der Waals surface area contributed by atoms with E-state index < -0.39 is 5.76 Å². The largest absolute Gasteiger partial charge is 0.420 e. The highest BCUT2D eigenvalue weighted by Gasteiger charge is 2.17. The summed E-state index contributed by atoms with van der Waals surface area (Å²) in [5.41, 5.74) is 2.21. The quantitative estimate of drug-likeness (QED) is 0.906. The number of nitrogens with zero attached hydrogens (tertiary/aromatic N) is 2. The van der Waals surface area contributed by atoms with Crippen molar-refractivity contribution in [3.05, 3.63) is 34.3 Å². The van der Waals surface area contributed by atoms with Gasteiger partial charge in [-0.1, -0.05) is 6.07 Å². The van der Waals surface area contributed by atoms with E-state index in [2.05, 4.69) is 17.3 Å². The van der Waals surface area contributed by atoms with E-state index in [1.807, 2.05) is 19.1 Å². The molecule has 1 N–H and O–H groups in total. The van der Waals surface area contributed by atoms with Gasteiger partial charge in [-0.05, 0) is 63.4 Å². The molecular weight excluding hydrogens is 306 g/mol. The summed E-state index contributed by atoms with van der Waals surface area (Å²) in [6, 6.07) is 5.52. The number of carbonyl (C=O) groups excluding carboxylic acids is 1. The van der Waals surface area contributed by atoms with Crippen LogP contribution in [0.1, 0.15) is 24.8 Å². The zero-order valence-corrected chi connectivity index (χ0v) is 14.4. The third-order valence-electron chi connectivity index (χ3n) is 4.72. The molecule has 24 heavy (non-hydrogen) atoms. The zero-order chi connectivity index (χ0) is 17.1. The van der Waals surface area contributed by atoms with Gasteiger partial charge in [0.2, 0.25) is 5.91 Å². The summed E-state index contributed by atoms with van der Waals surface area (Å²) in [4.78, 5) is 26.5. The number of amides is 1. The minimum absolute atomic E-state index is 0.000143. The Morgan fingerprint density at radius 2 is 2.25 bits per heavy atom. The molecule has 1 atom stereocenters. The van der Waals surface area contributed by atoms with E-state index in [-0.39, 0.29) is 12.5 Å². The first kappa shape index (κ1) is 16.8. The minimum atomic E-state index is -0.486. The molecule has 1 fully saturated rings. The second kappa shape index (κ2) is 7.21. The van der Waals surface area contributed by atoms with Gasteiger partial charge in [-0.2, -0.15) is 0 Å². The van der Waals surface area contributed by atoms with Crippen LogP contribution in [0.25, 0.3) is 11.1 Å². The maximum absolute atomic E-state index is 12.2. The number of aryl methyl sites for hydroxylation is 1. The lowest BCUT2D eigenvalue weighted by atomic mass is 9.95. The number of piperidine rings is 1. The van der Waals surface area contributed by atoms with Crippen molar-refractivity contribution in [1.82, 2.24) is 14.8 Å². The summed E-state index contributed by atoms with van der Waals surface area (Å²) in [5.74, 6) is 0.00861. The van der Waals surface area contributed by atoms with Crippen LogP contribution in [0.15, 0.2) is 27.4 Å². The molecule has 0 spiro atoms. The van der Waals surface area contributed by atoms with E-state index in [1.54, 1.807) is 6.07 Å². The summed E-state index contributed by atoms with van der Waals surface area (Å²) in [6.07, 6.45) is 3.44. The van der Waals surface area contributed by atoms with Crippen LogP contribution in [-0.4, -0.2) is 42.1 Å². The second-order valence-electron chi connectivity index (χ2n) is 6.83. The predicted octanol–water partition coefficient (Wildman–Crippen LogP) is 1.75. The van der Waals surface area contributed by atoms with Crippen LogP contribution in [0.4, 0.5) is 0 Å². The van der Waals surface area contributed by atoms with Crippen molar-refractivity contribution in [3.8, 4) is 0 Å². The van der Waals surface area contributed by atoms with E-state index >= 15 is 0 Å². The fourth-order valence-electron chi connectivity index (χ4n) is 3.45. The maximum atomic E-state index is 12.2. The molecule has 3 rings (SSSR count). The average Bonchev–Trinajstić information content (AvgIpc) is 2.83. The van der Waals surface area contributed by atoms with Crippen molar-refractivity contribution in [2.75, 3.05) is 26.7 Å². The van der Waals surface area contributed by atoms with Gasteiger partial charge in [-0.15, -0.1) is 0 Å². The lowest BCUT2D eigenvalue weighted by Gasteiger charge is -2.29. The number of fused-ring (bicyclic) bond motifs is 1. The predicted molar refractivity (Wildman–Crippen MR) is 93.1 cm³/mol. The lowest BCUT2D eigenvalue weighted by Crippen LogP contribution is -2.36. The Labute approximate surface area is 141 Å². The molecule has 1 saturated heterocycles. The van der Waals surface area contributed by atoms with Gasteiger partial charge in [0.25, 0.3) is 0 Å². The maximum Gasteiger partial charge on any atom is 0.420 e. The van der Waals surface area contributed by atoms with Gasteiger partial charge in [0.05, 0.1) is 5.52 Å². The molecule has 6 nitrogen and oxygen atoms in total. The normalized spacial score (nSPS) is 18.8. The molecule has 0 radical (unpaired) electrons. The Morgan fingerprint density at radius 1 is 1.42 bits per heavy atom. The van der Waals surface area contributed by atoms with E-state index in [4.69, 9.17) is 4.42 Å². The average molecular weight is 331 g/mol. The summed E-state index contributed by atoms with van der Waals surface area (Å²) in [5, 5.41) is 2.93. The Hall–Kier alpha value is -2.08. The number of oxazole rings is 1. The van der Waals surface area contributed by atoms with Gasteiger partial charge in [-0.3, -0.25) is 9.36 Å². The molecule has 1 aliphatic rings. The minimum Gasteiger partial charge on any atom is -0.408 e. The van der Waals surface area contributed by atoms with Crippen LogP contribution in [-0.2, 0) is 11.3 Å². The van der Waals surface area contributed by atoms with E-state index in [9.17, 15) is 9.59 Å². The van der Waals surface area contributed by atoms with Crippen LogP contribution < -0.4 is 11.1 Å². The van der Waals surface area contributed by atoms with Crippen molar-refractivity contribution >= 4 is 17.0 Å². The van der Waals surface area contributed by atoms with E-state index in [1.165, 1.54) is 24.0 Å². The van der Waals surface area contributed by atoms with Crippen LogP contribution in [0.2, 0.25) is 0 Å². The molecule has 0 bridgehead atoms. The van der Waals surface area contributed by atoms with E-state index in [0.717, 1.165) is 18.5 Å². The summed E-state index contributed by atoms with van der Waals surface area (Å²) >= 11 is 0. The number of nitrogens with one attached hydrogen (secondary N) is 1. The molecule has 130 valence electrons. The molecule has 0 aliphatic carbocycles. The van der Waals surface area contributed by atoms with E-state index in [0.29, 0.717) is 23.6 Å². The van der Waals surface area contributed by atoms with Crippen LogP contribution >= 0.6 is 0 Å². The number of rotatable bonds is 5. The Morgan fingerprint density at radius 3 is 3.04 bits per heavy atom. The van der Waals surface area contributed by atoms with Gasteiger partial charge in [-0.25, -0.2) is 4.79 Å².